The van der Waals surface area contributed by atoms with Crippen molar-refractivity contribution >= 4 is 17.7 Å². The van der Waals surface area contributed by atoms with Gasteiger partial charge in [0, 0.05) is 17.7 Å². The second-order valence-electron chi connectivity index (χ2n) is 6.84. The molecule has 2 aromatic rings. The van der Waals surface area contributed by atoms with Gasteiger partial charge in [0.1, 0.15) is 6.04 Å². The van der Waals surface area contributed by atoms with Gasteiger partial charge in [-0.05, 0) is 42.7 Å². The van der Waals surface area contributed by atoms with Gasteiger partial charge in [0.25, 0.3) is 5.91 Å². The Balaban J connectivity index is 2.02. The van der Waals surface area contributed by atoms with Crippen molar-refractivity contribution in [3.8, 4) is 0 Å². The first-order valence-corrected chi connectivity index (χ1v) is 8.82. The summed E-state index contributed by atoms with van der Waals surface area (Å²) in [6.07, 6.45) is 0. The van der Waals surface area contributed by atoms with Crippen LogP contribution in [0.4, 0.5) is 0 Å². The van der Waals surface area contributed by atoms with Crippen LogP contribution in [0.3, 0.4) is 0 Å². The van der Waals surface area contributed by atoms with Gasteiger partial charge in [0.05, 0.1) is 0 Å². The lowest BCUT2D eigenvalue weighted by Gasteiger charge is -2.22. The molecular weight excluding hydrogens is 342 g/mol. The van der Waals surface area contributed by atoms with Crippen LogP contribution in [0.25, 0.3) is 0 Å². The predicted molar refractivity (Wildman–Crippen MR) is 104 cm³/mol. The van der Waals surface area contributed by atoms with E-state index in [2.05, 4.69) is 10.6 Å². The SMILES string of the molecule is Cc1ccc(C(=O)NC(C(=O)NCc2cccc(C(N)=O)c2)C(C)C)cc1. The number of hydrogen-bond acceptors (Lipinski definition) is 3. The molecule has 0 aliphatic carbocycles. The van der Waals surface area contributed by atoms with E-state index < -0.39 is 11.9 Å². The first kappa shape index (κ1) is 20.2. The van der Waals surface area contributed by atoms with Crippen molar-refractivity contribution in [2.75, 3.05) is 0 Å². The second kappa shape index (κ2) is 8.98. The number of nitrogens with one attached hydrogen (secondary N) is 2. The summed E-state index contributed by atoms with van der Waals surface area (Å²) in [5, 5.41) is 5.60. The Morgan fingerprint density at radius 1 is 1.00 bits per heavy atom. The molecule has 0 aromatic heterocycles. The number of carbonyl (C=O) groups is 3. The molecule has 0 spiro atoms. The molecule has 27 heavy (non-hydrogen) atoms. The van der Waals surface area contributed by atoms with Crippen LogP contribution < -0.4 is 16.4 Å². The zero-order chi connectivity index (χ0) is 20.0. The van der Waals surface area contributed by atoms with E-state index in [1.54, 1.807) is 36.4 Å². The average Bonchev–Trinajstić information content (AvgIpc) is 2.64. The Morgan fingerprint density at radius 3 is 2.26 bits per heavy atom. The van der Waals surface area contributed by atoms with E-state index in [-0.39, 0.29) is 24.3 Å². The number of aryl methyl sites for hydroxylation is 1. The summed E-state index contributed by atoms with van der Waals surface area (Å²) in [6, 6.07) is 13.3. The maximum absolute atomic E-state index is 12.6. The highest BCUT2D eigenvalue weighted by atomic mass is 16.2. The zero-order valence-electron chi connectivity index (χ0n) is 15.8. The maximum Gasteiger partial charge on any atom is 0.251 e. The number of amides is 3. The van der Waals surface area contributed by atoms with Gasteiger partial charge in [-0.1, -0.05) is 43.7 Å². The minimum absolute atomic E-state index is 0.0867. The summed E-state index contributed by atoms with van der Waals surface area (Å²) >= 11 is 0. The molecule has 6 heteroatoms. The van der Waals surface area contributed by atoms with Crippen molar-refractivity contribution in [1.29, 1.82) is 0 Å². The Kier molecular flexibility index (Phi) is 6.71. The van der Waals surface area contributed by atoms with Crippen molar-refractivity contribution in [2.45, 2.75) is 33.4 Å². The van der Waals surface area contributed by atoms with Crippen molar-refractivity contribution in [3.63, 3.8) is 0 Å². The largest absolute Gasteiger partial charge is 0.366 e. The summed E-state index contributed by atoms with van der Waals surface area (Å²) in [6.45, 7) is 5.92. The van der Waals surface area contributed by atoms with E-state index in [1.165, 1.54) is 0 Å². The van der Waals surface area contributed by atoms with Gasteiger partial charge in [-0.15, -0.1) is 0 Å². The quantitative estimate of drug-likeness (QED) is 0.699. The smallest absolute Gasteiger partial charge is 0.251 e. The van der Waals surface area contributed by atoms with Crippen molar-refractivity contribution in [1.82, 2.24) is 10.6 Å². The zero-order valence-corrected chi connectivity index (χ0v) is 15.8. The number of rotatable bonds is 7. The molecule has 6 nitrogen and oxygen atoms in total. The molecule has 0 aliphatic heterocycles. The highest BCUT2D eigenvalue weighted by Gasteiger charge is 2.24. The minimum Gasteiger partial charge on any atom is -0.366 e. The number of carbonyl (C=O) groups excluding carboxylic acids is 3. The van der Waals surface area contributed by atoms with Gasteiger partial charge in [-0.2, -0.15) is 0 Å². The Morgan fingerprint density at radius 2 is 1.67 bits per heavy atom. The van der Waals surface area contributed by atoms with E-state index >= 15 is 0 Å². The third kappa shape index (κ3) is 5.67. The fourth-order valence-electron chi connectivity index (χ4n) is 2.60. The molecule has 0 aliphatic rings. The lowest BCUT2D eigenvalue weighted by molar-refractivity contribution is -0.124. The molecule has 1 atom stereocenters. The molecule has 0 saturated heterocycles. The van der Waals surface area contributed by atoms with Crippen molar-refractivity contribution in [2.24, 2.45) is 11.7 Å². The molecule has 0 heterocycles. The number of benzene rings is 2. The molecular formula is C21H25N3O3. The molecule has 0 bridgehead atoms. The summed E-state index contributed by atoms with van der Waals surface area (Å²) in [7, 11) is 0. The van der Waals surface area contributed by atoms with E-state index in [0.717, 1.165) is 11.1 Å². The fourth-order valence-corrected chi connectivity index (χ4v) is 2.60. The van der Waals surface area contributed by atoms with Crippen LogP contribution >= 0.6 is 0 Å². The first-order chi connectivity index (χ1) is 12.8. The summed E-state index contributed by atoms with van der Waals surface area (Å²) < 4.78 is 0. The number of hydrogen-bond donors (Lipinski definition) is 3. The van der Waals surface area contributed by atoms with Crippen LogP contribution in [0.15, 0.2) is 48.5 Å². The molecule has 2 rings (SSSR count). The van der Waals surface area contributed by atoms with Gasteiger partial charge < -0.3 is 16.4 Å². The lowest BCUT2D eigenvalue weighted by atomic mass is 10.0. The van der Waals surface area contributed by atoms with E-state index in [0.29, 0.717) is 11.1 Å². The first-order valence-electron chi connectivity index (χ1n) is 8.82. The predicted octanol–water partition coefficient (Wildman–Crippen LogP) is 2.16. The van der Waals surface area contributed by atoms with Crippen LogP contribution in [0, 0.1) is 12.8 Å². The van der Waals surface area contributed by atoms with Gasteiger partial charge in [0.2, 0.25) is 11.8 Å². The Labute approximate surface area is 159 Å². The second-order valence-corrected chi connectivity index (χ2v) is 6.84. The molecule has 1 unspecified atom stereocenters. The summed E-state index contributed by atoms with van der Waals surface area (Å²) in [4.78, 5) is 36.3. The summed E-state index contributed by atoms with van der Waals surface area (Å²) in [5.41, 5.74) is 7.98. The monoisotopic (exact) mass is 367 g/mol. The van der Waals surface area contributed by atoms with E-state index in [1.807, 2.05) is 32.9 Å². The van der Waals surface area contributed by atoms with Crippen LogP contribution in [0.5, 0.6) is 0 Å². The van der Waals surface area contributed by atoms with Crippen LogP contribution in [0.2, 0.25) is 0 Å². The topological polar surface area (TPSA) is 101 Å². The highest BCUT2D eigenvalue weighted by Crippen LogP contribution is 2.08. The van der Waals surface area contributed by atoms with E-state index in [4.69, 9.17) is 5.73 Å². The van der Waals surface area contributed by atoms with Crippen LogP contribution in [-0.4, -0.2) is 23.8 Å². The Hall–Kier alpha value is -3.15. The molecule has 4 N–H and O–H groups in total. The molecule has 2 aromatic carbocycles. The molecule has 0 fully saturated rings. The highest BCUT2D eigenvalue weighted by molar-refractivity contribution is 5.97. The molecule has 0 saturated carbocycles. The van der Waals surface area contributed by atoms with Gasteiger partial charge in [-0.3, -0.25) is 14.4 Å². The van der Waals surface area contributed by atoms with Gasteiger partial charge in [-0.25, -0.2) is 0 Å². The summed E-state index contributed by atoms with van der Waals surface area (Å²) in [5.74, 6) is -1.18. The van der Waals surface area contributed by atoms with E-state index in [9.17, 15) is 14.4 Å². The number of nitrogens with two attached hydrogens (primary N) is 1. The third-order valence-electron chi connectivity index (χ3n) is 4.23. The van der Waals surface area contributed by atoms with Crippen molar-refractivity contribution < 1.29 is 14.4 Å². The van der Waals surface area contributed by atoms with Crippen LogP contribution in [-0.2, 0) is 11.3 Å². The normalized spacial score (nSPS) is 11.7. The van der Waals surface area contributed by atoms with Crippen LogP contribution in [0.1, 0.15) is 45.7 Å². The third-order valence-corrected chi connectivity index (χ3v) is 4.23. The minimum atomic E-state index is -0.668. The average molecular weight is 367 g/mol. The standard InChI is InChI=1S/C21H25N3O3/c1-13(2)18(24-20(26)16-9-7-14(3)8-10-16)21(27)23-12-15-5-4-6-17(11-15)19(22)25/h4-11,13,18H,12H2,1-3H3,(H2,22,25)(H,23,27)(H,24,26). The van der Waals surface area contributed by atoms with Crippen molar-refractivity contribution in [3.05, 3.63) is 70.8 Å². The van der Waals surface area contributed by atoms with Gasteiger partial charge in [0.15, 0.2) is 0 Å². The fraction of sp³-hybridized carbons (Fsp3) is 0.286. The molecule has 142 valence electrons. The lowest BCUT2D eigenvalue weighted by Crippen LogP contribution is -2.49. The van der Waals surface area contributed by atoms with Gasteiger partial charge >= 0.3 is 0 Å². The number of primary amides is 1. The maximum atomic E-state index is 12.6. The Bertz CT molecular complexity index is 829. The molecule has 3 amide bonds. The molecule has 0 radical (unpaired) electrons.